The topological polar surface area (TPSA) is 98.7 Å². The van der Waals surface area contributed by atoms with Crippen LogP contribution in [0.3, 0.4) is 0 Å². The number of aliphatic carboxylic acids is 2. The zero-order valence-corrected chi connectivity index (χ0v) is 20.0. The molecule has 2 rings (SSSR count). The summed E-state index contributed by atoms with van der Waals surface area (Å²) in [7, 11) is 0. The maximum atomic E-state index is 10.1. The predicted octanol–water partition coefficient (Wildman–Crippen LogP) is 5.35. The molecular formula is C24H48N2O4. The van der Waals surface area contributed by atoms with E-state index < -0.39 is 11.9 Å². The van der Waals surface area contributed by atoms with Crippen molar-refractivity contribution in [3.8, 4) is 0 Å². The lowest BCUT2D eigenvalue weighted by Gasteiger charge is -2.42. The van der Waals surface area contributed by atoms with Crippen LogP contribution in [0.2, 0.25) is 0 Å². The molecular weight excluding hydrogens is 380 g/mol. The summed E-state index contributed by atoms with van der Waals surface area (Å²) < 4.78 is 0. The highest BCUT2D eigenvalue weighted by atomic mass is 16.4. The van der Waals surface area contributed by atoms with E-state index in [0.29, 0.717) is 11.1 Å². The largest absolute Gasteiger partial charge is 0.481 e. The van der Waals surface area contributed by atoms with E-state index in [-0.39, 0.29) is 12.8 Å². The minimum Gasteiger partial charge on any atom is -0.481 e. The number of hydrogen-bond donors (Lipinski definition) is 4. The number of piperidine rings is 2. The summed E-state index contributed by atoms with van der Waals surface area (Å²) in [5.41, 5.74) is 0.726. The number of carbonyl (C=O) groups is 2. The molecule has 30 heavy (non-hydrogen) atoms. The molecule has 2 aliphatic heterocycles. The summed E-state index contributed by atoms with van der Waals surface area (Å²) in [6.07, 6.45) is 14.0. The van der Waals surface area contributed by atoms with Gasteiger partial charge in [-0.3, -0.25) is 9.59 Å². The minimum absolute atomic E-state index is 0.245. The number of hydrogen-bond acceptors (Lipinski definition) is 4. The maximum absolute atomic E-state index is 10.1. The van der Waals surface area contributed by atoms with Crippen molar-refractivity contribution in [2.24, 2.45) is 0 Å². The molecule has 0 bridgehead atoms. The number of unbranched alkanes of at least 4 members (excludes halogenated alkanes) is 5. The van der Waals surface area contributed by atoms with Crippen LogP contribution < -0.4 is 10.6 Å². The quantitative estimate of drug-likeness (QED) is 0.369. The van der Waals surface area contributed by atoms with Crippen LogP contribution in [0, 0.1) is 0 Å². The third kappa shape index (κ3) is 20.1. The van der Waals surface area contributed by atoms with Crippen molar-refractivity contribution in [3.63, 3.8) is 0 Å². The van der Waals surface area contributed by atoms with E-state index in [9.17, 15) is 9.59 Å². The van der Waals surface area contributed by atoms with Crippen LogP contribution in [0.1, 0.15) is 118 Å². The average molecular weight is 429 g/mol. The molecule has 0 unspecified atom stereocenters. The van der Waals surface area contributed by atoms with E-state index in [2.05, 4.69) is 38.3 Å². The van der Waals surface area contributed by atoms with Crippen molar-refractivity contribution in [3.05, 3.63) is 0 Å². The maximum Gasteiger partial charge on any atom is 0.303 e. The van der Waals surface area contributed by atoms with Crippen LogP contribution in [0.15, 0.2) is 0 Å². The molecule has 0 spiro atoms. The lowest BCUT2D eigenvalue weighted by atomic mass is 9.83. The Hall–Kier alpha value is -1.14. The van der Waals surface area contributed by atoms with Crippen molar-refractivity contribution >= 4 is 11.9 Å². The summed E-state index contributed by atoms with van der Waals surface area (Å²) in [4.78, 5) is 20.3. The number of carboxylic acids is 2. The van der Waals surface area contributed by atoms with Gasteiger partial charge in [-0.05, 0) is 85.7 Å². The fourth-order valence-electron chi connectivity index (χ4n) is 4.07. The smallest absolute Gasteiger partial charge is 0.303 e. The molecule has 2 aliphatic rings. The fourth-order valence-corrected chi connectivity index (χ4v) is 4.07. The first kappa shape index (κ1) is 28.9. The summed E-state index contributed by atoms with van der Waals surface area (Å²) in [5, 5.41) is 23.6. The zero-order valence-electron chi connectivity index (χ0n) is 20.0. The fraction of sp³-hybridized carbons (Fsp3) is 0.917. The molecule has 0 amide bonds. The van der Waals surface area contributed by atoms with Crippen LogP contribution >= 0.6 is 0 Å². The van der Waals surface area contributed by atoms with E-state index >= 15 is 0 Å². The Morgan fingerprint density at radius 2 is 1.07 bits per heavy atom. The zero-order chi connectivity index (χ0) is 22.9. The predicted molar refractivity (Wildman–Crippen MR) is 124 cm³/mol. The van der Waals surface area contributed by atoms with Crippen molar-refractivity contribution in [1.29, 1.82) is 0 Å². The Kier molecular flexibility index (Phi) is 15.9. The molecule has 0 aliphatic carbocycles. The Balaban J connectivity index is 0.000000453. The number of nitrogens with one attached hydrogen (secondary N) is 2. The van der Waals surface area contributed by atoms with E-state index in [1.807, 2.05) is 0 Å². The summed E-state index contributed by atoms with van der Waals surface area (Å²) in [5.74, 6) is -1.48. The molecule has 0 aromatic heterocycles. The first-order chi connectivity index (χ1) is 14.0. The van der Waals surface area contributed by atoms with E-state index in [1.165, 1.54) is 51.6 Å². The monoisotopic (exact) mass is 428 g/mol. The molecule has 0 radical (unpaired) electrons. The molecule has 2 fully saturated rings. The Labute approximate surface area is 184 Å². The number of rotatable bonds is 9. The minimum atomic E-state index is -0.740. The molecule has 0 atom stereocenters. The normalized spacial score (nSPS) is 19.5. The van der Waals surface area contributed by atoms with Crippen molar-refractivity contribution in [2.45, 2.75) is 129 Å². The van der Waals surface area contributed by atoms with Crippen LogP contribution in [-0.2, 0) is 9.59 Å². The molecule has 6 nitrogen and oxygen atoms in total. The van der Waals surface area contributed by atoms with Gasteiger partial charge < -0.3 is 20.8 Å². The van der Waals surface area contributed by atoms with Crippen molar-refractivity contribution < 1.29 is 19.8 Å². The molecule has 2 heterocycles. The lowest BCUT2D eigenvalue weighted by molar-refractivity contribution is -0.138. The van der Waals surface area contributed by atoms with Crippen LogP contribution in [0.25, 0.3) is 0 Å². The highest BCUT2D eigenvalue weighted by molar-refractivity contribution is 5.66. The van der Waals surface area contributed by atoms with Gasteiger partial charge in [0.25, 0.3) is 0 Å². The lowest BCUT2D eigenvalue weighted by Crippen LogP contribution is -2.55. The van der Waals surface area contributed by atoms with Gasteiger partial charge >= 0.3 is 11.9 Å². The molecule has 0 aromatic carbocycles. The highest BCUT2D eigenvalue weighted by Gasteiger charge is 2.31. The second kappa shape index (κ2) is 16.5. The van der Waals surface area contributed by atoms with Gasteiger partial charge in [-0.1, -0.05) is 32.1 Å². The van der Waals surface area contributed by atoms with Gasteiger partial charge in [-0.25, -0.2) is 0 Å². The molecule has 4 N–H and O–H groups in total. The molecule has 0 aromatic rings. The Morgan fingerprint density at radius 1 is 0.667 bits per heavy atom. The van der Waals surface area contributed by atoms with E-state index in [1.54, 1.807) is 0 Å². The second-order valence-electron chi connectivity index (χ2n) is 9.97. The van der Waals surface area contributed by atoms with Crippen LogP contribution in [0.5, 0.6) is 0 Å². The third-order valence-corrected chi connectivity index (χ3v) is 5.52. The van der Waals surface area contributed by atoms with Crippen molar-refractivity contribution in [1.82, 2.24) is 10.6 Å². The molecule has 178 valence electrons. The summed E-state index contributed by atoms with van der Waals surface area (Å²) in [6, 6.07) is 0. The average Bonchev–Trinajstić information content (AvgIpc) is 2.64. The van der Waals surface area contributed by atoms with Gasteiger partial charge in [-0.2, -0.15) is 0 Å². The van der Waals surface area contributed by atoms with Crippen LogP contribution in [0.4, 0.5) is 0 Å². The van der Waals surface area contributed by atoms with Gasteiger partial charge in [0.2, 0.25) is 0 Å². The Morgan fingerprint density at radius 3 is 1.30 bits per heavy atom. The summed E-state index contributed by atoms with van der Waals surface area (Å²) >= 11 is 0. The molecule has 2 saturated heterocycles. The second-order valence-corrected chi connectivity index (χ2v) is 9.97. The SMILES string of the molecule is C1CCNCC1.CC1(C)CCCC(C)(C)N1.O=C(O)CCCCCCCCC(=O)O. The van der Waals surface area contributed by atoms with E-state index in [0.717, 1.165) is 38.5 Å². The molecule has 6 heteroatoms. The van der Waals surface area contributed by atoms with Gasteiger partial charge in [0, 0.05) is 23.9 Å². The Bertz CT molecular complexity index is 415. The van der Waals surface area contributed by atoms with Gasteiger partial charge in [0.05, 0.1) is 0 Å². The first-order valence-electron chi connectivity index (χ1n) is 12.0. The highest BCUT2D eigenvalue weighted by Crippen LogP contribution is 2.27. The molecule has 0 saturated carbocycles. The first-order valence-corrected chi connectivity index (χ1v) is 12.0. The number of carboxylic acid groups (broad SMARTS) is 2. The summed E-state index contributed by atoms with van der Waals surface area (Å²) in [6.45, 7) is 11.6. The van der Waals surface area contributed by atoms with Gasteiger partial charge in [-0.15, -0.1) is 0 Å². The third-order valence-electron chi connectivity index (χ3n) is 5.52. The standard InChI is InChI=1S/C10H18O4.C9H19N.C5H11N/c11-9(12)7-5-3-1-2-4-6-8-10(13)14;1-8(2)6-5-7-9(3,4)10-8;1-2-4-6-5-3-1/h1-8H2,(H,11,12)(H,13,14);10H,5-7H2,1-4H3;6H,1-5H2. The van der Waals surface area contributed by atoms with Gasteiger partial charge in [0.15, 0.2) is 0 Å². The van der Waals surface area contributed by atoms with E-state index in [4.69, 9.17) is 10.2 Å². The van der Waals surface area contributed by atoms with Gasteiger partial charge in [0.1, 0.15) is 0 Å². The van der Waals surface area contributed by atoms with Crippen LogP contribution in [-0.4, -0.2) is 46.3 Å². The van der Waals surface area contributed by atoms with Crippen molar-refractivity contribution in [2.75, 3.05) is 13.1 Å².